The number of esters is 1. The first-order valence-electron chi connectivity index (χ1n) is 6.84. The Labute approximate surface area is 123 Å². The van der Waals surface area contributed by atoms with Crippen molar-refractivity contribution in [3.05, 3.63) is 29.6 Å². The molecule has 6 heteroatoms. The Bertz CT molecular complexity index is 563. The SMILES string of the molecule is COC(=O)[C@H](C)N1CCN(c2cccc(F)c2C#N)CC1. The van der Waals surface area contributed by atoms with Gasteiger partial charge in [-0.3, -0.25) is 9.69 Å². The van der Waals surface area contributed by atoms with Crippen LogP contribution in [0.5, 0.6) is 0 Å². The summed E-state index contributed by atoms with van der Waals surface area (Å²) in [4.78, 5) is 15.5. The second kappa shape index (κ2) is 6.55. The fourth-order valence-electron chi connectivity index (χ4n) is 2.56. The molecule has 0 amide bonds. The number of methoxy groups -OCH3 is 1. The minimum Gasteiger partial charge on any atom is -0.468 e. The van der Waals surface area contributed by atoms with E-state index in [1.54, 1.807) is 12.1 Å². The molecule has 1 atom stereocenters. The van der Waals surface area contributed by atoms with Gasteiger partial charge in [0.1, 0.15) is 23.5 Å². The van der Waals surface area contributed by atoms with Crippen LogP contribution in [-0.4, -0.2) is 50.2 Å². The molecule has 0 radical (unpaired) electrons. The van der Waals surface area contributed by atoms with Crippen LogP contribution in [-0.2, 0) is 9.53 Å². The third-order valence-corrected chi connectivity index (χ3v) is 3.85. The van der Waals surface area contributed by atoms with Crippen LogP contribution in [0.4, 0.5) is 10.1 Å². The van der Waals surface area contributed by atoms with Crippen molar-refractivity contribution in [2.75, 3.05) is 38.2 Å². The molecule has 1 aliphatic rings. The van der Waals surface area contributed by atoms with Crippen LogP contribution in [0.1, 0.15) is 12.5 Å². The van der Waals surface area contributed by atoms with Gasteiger partial charge in [0.2, 0.25) is 0 Å². The Morgan fingerprint density at radius 3 is 2.62 bits per heavy atom. The van der Waals surface area contributed by atoms with Crippen molar-refractivity contribution < 1.29 is 13.9 Å². The van der Waals surface area contributed by atoms with Gasteiger partial charge in [0.25, 0.3) is 0 Å². The maximum atomic E-state index is 13.6. The Morgan fingerprint density at radius 1 is 1.38 bits per heavy atom. The van der Waals surface area contributed by atoms with Crippen molar-refractivity contribution in [2.45, 2.75) is 13.0 Å². The second-order valence-electron chi connectivity index (χ2n) is 4.97. The lowest BCUT2D eigenvalue weighted by atomic mass is 10.1. The minimum atomic E-state index is -0.500. The molecule has 0 aliphatic carbocycles. The minimum absolute atomic E-state index is 0.0759. The average molecular weight is 291 g/mol. The molecule has 0 bridgehead atoms. The van der Waals surface area contributed by atoms with Crippen LogP contribution < -0.4 is 4.90 Å². The lowest BCUT2D eigenvalue weighted by Gasteiger charge is -2.38. The van der Waals surface area contributed by atoms with Gasteiger partial charge in [-0.05, 0) is 19.1 Å². The number of nitriles is 1. The average Bonchev–Trinajstić information content (AvgIpc) is 2.53. The van der Waals surface area contributed by atoms with E-state index < -0.39 is 5.82 Å². The quantitative estimate of drug-likeness (QED) is 0.788. The monoisotopic (exact) mass is 291 g/mol. The highest BCUT2D eigenvalue weighted by Gasteiger charge is 2.27. The van der Waals surface area contributed by atoms with E-state index in [9.17, 15) is 9.18 Å². The smallest absolute Gasteiger partial charge is 0.322 e. The zero-order chi connectivity index (χ0) is 15.4. The maximum Gasteiger partial charge on any atom is 0.322 e. The molecule has 1 fully saturated rings. The van der Waals surface area contributed by atoms with Gasteiger partial charge in [0.05, 0.1) is 12.8 Å². The molecular weight excluding hydrogens is 273 g/mol. The van der Waals surface area contributed by atoms with Crippen molar-refractivity contribution in [1.82, 2.24) is 4.90 Å². The number of benzene rings is 1. The predicted octanol–water partition coefficient (Wildman–Crippen LogP) is 1.38. The third kappa shape index (κ3) is 3.14. The first kappa shape index (κ1) is 15.3. The van der Waals surface area contributed by atoms with Crippen LogP contribution in [0.2, 0.25) is 0 Å². The molecule has 112 valence electrons. The molecule has 21 heavy (non-hydrogen) atoms. The molecule has 0 unspecified atom stereocenters. The summed E-state index contributed by atoms with van der Waals surface area (Å²) < 4.78 is 18.4. The normalized spacial score (nSPS) is 17.1. The first-order chi connectivity index (χ1) is 10.1. The van der Waals surface area contributed by atoms with Gasteiger partial charge in [-0.2, -0.15) is 5.26 Å². The van der Waals surface area contributed by atoms with Gasteiger partial charge in [-0.15, -0.1) is 0 Å². The number of anilines is 1. The topological polar surface area (TPSA) is 56.6 Å². The molecule has 0 aromatic heterocycles. The summed E-state index contributed by atoms with van der Waals surface area (Å²) in [6.07, 6.45) is 0. The Morgan fingerprint density at radius 2 is 2.05 bits per heavy atom. The number of carbonyl (C=O) groups excluding carboxylic acids is 1. The number of hydrogen-bond acceptors (Lipinski definition) is 5. The third-order valence-electron chi connectivity index (χ3n) is 3.85. The standard InChI is InChI=1S/C15H18FN3O2/c1-11(15(20)21-2)18-6-8-19(9-7-18)14-5-3-4-13(16)12(14)10-17/h3-5,11H,6-9H2,1-2H3/t11-/m0/s1. The van der Waals surface area contributed by atoms with Gasteiger partial charge < -0.3 is 9.64 Å². The summed E-state index contributed by atoms with van der Waals surface area (Å²) in [6, 6.07) is 6.27. The lowest BCUT2D eigenvalue weighted by molar-refractivity contribution is -0.146. The molecule has 0 spiro atoms. The summed E-state index contributed by atoms with van der Waals surface area (Å²) in [6.45, 7) is 4.42. The number of carbonyl (C=O) groups is 1. The molecule has 2 rings (SSSR count). The Hall–Kier alpha value is -2.13. The number of rotatable bonds is 3. The van der Waals surface area contributed by atoms with Crippen molar-refractivity contribution in [1.29, 1.82) is 5.26 Å². The van der Waals surface area contributed by atoms with Crippen LogP contribution in [0.3, 0.4) is 0 Å². The number of halogens is 1. The van der Waals surface area contributed by atoms with E-state index in [-0.39, 0.29) is 17.6 Å². The molecule has 1 heterocycles. The number of hydrogen-bond donors (Lipinski definition) is 0. The largest absolute Gasteiger partial charge is 0.468 e. The second-order valence-corrected chi connectivity index (χ2v) is 4.97. The molecule has 1 aliphatic heterocycles. The zero-order valence-corrected chi connectivity index (χ0v) is 12.2. The van der Waals surface area contributed by atoms with Crippen LogP contribution in [0.15, 0.2) is 18.2 Å². The van der Waals surface area contributed by atoms with E-state index in [0.29, 0.717) is 31.9 Å². The molecule has 1 aromatic carbocycles. The van der Waals surface area contributed by atoms with E-state index in [1.165, 1.54) is 13.2 Å². The van der Waals surface area contributed by atoms with E-state index in [0.717, 1.165) is 0 Å². The highest BCUT2D eigenvalue weighted by Crippen LogP contribution is 2.24. The maximum absolute atomic E-state index is 13.6. The number of ether oxygens (including phenoxy) is 1. The zero-order valence-electron chi connectivity index (χ0n) is 12.2. The van der Waals surface area contributed by atoms with Gasteiger partial charge >= 0.3 is 5.97 Å². The number of nitrogens with zero attached hydrogens (tertiary/aromatic N) is 3. The molecule has 1 aromatic rings. The number of piperazine rings is 1. The van der Waals surface area contributed by atoms with Gasteiger partial charge in [-0.25, -0.2) is 4.39 Å². The van der Waals surface area contributed by atoms with Crippen LogP contribution in [0.25, 0.3) is 0 Å². The van der Waals surface area contributed by atoms with Gasteiger partial charge in [-0.1, -0.05) is 6.07 Å². The fourth-order valence-corrected chi connectivity index (χ4v) is 2.56. The summed E-state index contributed by atoms with van der Waals surface area (Å²) in [7, 11) is 1.38. The van der Waals surface area contributed by atoms with E-state index >= 15 is 0 Å². The van der Waals surface area contributed by atoms with Crippen LogP contribution >= 0.6 is 0 Å². The summed E-state index contributed by atoms with van der Waals surface area (Å²) >= 11 is 0. The van der Waals surface area contributed by atoms with Crippen molar-refractivity contribution in [3.63, 3.8) is 0 Å². The van der Waals surface area contributed by atoms with E-state index in [4.69, 9.17) is 10.00 Å². The van der Waals surface area contributed by atoms with Crippen molar-refractivity contribution in [3.8, 4) is 6.07 Å². The Balaban J connectivity index is 2.07. The lowest BCUT2D eigenvalue weighted by Crippen LogP contribution is -2.52. The summed E-state index contributed by atoms with van der Waals surface area (Å²) in [5, 5.41) is 9.09. The molecule has 0 N–H and O–H groups in total. The molecule has 0 saturated carbocycles. The van der Waals surface area contributed by atoms with E-state index in [2.05, 4.69) is 0 Å². The summed E-state index contributed by atoms with van der Waals surface area (Å²) in [5.74, 6) is -0.757. The van der Waals surface area contributed by atoms with Gasteiger partial charge in [0, 0.05) is 26.2 Å². The van der Waals surface area contributed by atoms with Crippen molar-refractivity contribution >= 4 is 11.7 Å². The molecule has 5 nitrogen and oxygen atoms in total. The summed E-state index contributed by atoms with van der Waals surface area (Å²) in [5.41, 5.74) is 0.690. The molecular formula is C15H18FN3O2. The van der Waals surface area contributed by atoms with Crippen molar-refractivity contribution in [2.24, 2.45) is 0 Å². The van der Waals surface area contributed by atoms with E-state index in [1.807, 2.05) is 22.8 Å². The highest BCUT2D eigenvalue weighted by molar-refractivity contribution is 5.75. The fraction of sp³-hybridized carbons (Fsp3) is 0.467. The Kier molecular flexibility index (Phi) is 4.76. The highest BCUT2D eigenvalue weighted by atomic mass is 19.1. The van der Waals surface area contributed by atoms with Crippen LogP contribution in [0, 0.1) is 17.1 Å². The molecule has 1 saturated heterocycles. The first-order valence-corrected chi connectivity index (χ1v) is 6.84. The predicted molar refractivity (Wildman–Crippen MR) is 76.4 cm³/mol. The van der Waals surface area contributed by atoms with Gasteiger partial charge in [0.15, 0.2) is 0 Å².